The van der Waals surface area contributed by atoms with Gasteiger partial charge in [0, 0.05) is 18.7 Å². The van der Waals surface area contributed by atoms with Gasteiger partial charge in [0.05, 0.1) is 14.2 Å². The van der Waals surface area contributed by atoms with Crippen molar-refractivity contribution in [1.29, 1.82) is 0 Å². The van der Waals surface area contributed by atoms with Gasteiger partial charge in [-0.15, -0.1) is 0 Å². The van der Waals surface area contributed by atoms with Crippen LogP contribution >= 0.6 is 0 Å². The topological polar surface area (TPSA) is 93.7 Å². The van der Waals surface area contributed by atoms with Gasteiger partial charge in [0.2, 0.25) is 10.0 Å². The van der Waals surface area contributed by atoms with Crippen LogP contribution in [-0.2, 0) is 23.1 Å². The summed E-state index contributed by atoms with van der Waals surface area (Å²) in [6.07, 6.45) is 0. The molecule has 1 amide bonds. The number of carbonyl (C=O) groups excluding carboxylic acids is 1. The molecule has 0 spiro atoms. The Labute approximate surface area is 182 Å². The van der Waals surface area contributed by atoms with Crippen molar-refractivity contribution >= 4 is 15.9 Å². The highest BCUT2D eigenvalue weighted by atomic mass is 32.2. The molecule has 8 heteroatoms. The van der Waals surface area contributed by atoms with Gasteiger partial charge in [-0.05, 0) is 41.5 Å². The molecular weight excluding hydrogens is 416 g/mol. The van der Waals surface area contributed by atoms with Crippen LogP contribution in [0.15, 0.2) is 77.7 Å². The minimum Gasteiger partial charge on any atom is -0.497 e. The van der Waals surface area contributed by atoms with Crippen molar-refractivity contribution in [2.45, 2.75) is 18.0 Å². The summed E-state index contributed by atoms with van der Waals surface area (Å²) in [5.41, 5.74) is 1.92. The minimum atomic E-state index is -3.90. The molecule has 7 nitrogen and oxygen atoms in total. The smallest absolute Gasteiger partial charge is 0.251 e. The van der Waals surface area contributed by atoms with Crippen molar-refractivity contribution < 1.29 is 22.7 Å². The number of hydrogen-bond donors (Lipinski definition) is 2. The number of nitrogens with one attached hydrogen (secondary N) is 2. The second kappa shape index (κ2) is 10.1. The molecule has 3 aromatic rings. The Morgan fingerprint density at radius 1 is 0.839 bits per heavy atom. The van der Waals surface area contributed by atoms with E-state index in [0.717, 1.165) is 16.9 Å². The van der Waals surface area contributed by atoms with Crippen LogP contribution in [0.25, 0.3) is 0 Å². The van der Waals surface area contributed by atoms with Gasteiger partial charge >= 0.3 is 0 Å². The number of hydrogen-bond acceptors (Lipinski definition) is 5. The fraction of sp³-hybridized carbons (Fsp3) is 0.174. The van der Waals surface area contributed by atoms with Crippen LogP contribution in [0.3, 0.4) is 0 Å². The first-order chi connectivity index (χ1) is 14.9. The Morgan fingerprint density at radius 2 is 1.52 bits per heavy atom. The van der Waals surface area contributed by atoms with Crippen molar-refractivity contribution in [1.82, 2.24) is 10.0 Å². The summed E-state index contributed by atoms with van der Waals surface area (Å²) in [4.78, 5) is 12.5. The summed E-state index contributed by atoms with van der Waals surface area (Å²) < 4.78 is 38.6. The second-order valence-electron chi connectivity index (χ2n) is 6.71. The van der Waals surface area contributed by atoms with E-state index in [2.05, 4.69) is 10.0 Å². The van der Waals surface area contributed by atoms with Crippen molar-refractivity contribution in [3.63, 3.8) is 0 Å². The summed E-state index contributed by atoms with van der Waals surface area (Å²) in [5, 5.41) is 2.79. The van der Waals surface area contributed by atoms with Crippen molar-refractivity contribution in [2.24, 2.45) is 0 Å². The summed E-state index contributed by atoms with van der Waals surface area (Å²) in [7, 11) is -0.933. The lowest BCUT2D eigenvalue weighted by Gasteiger charge is -2.13. The quantitative estimate of drug-likeness (QED) is 0.533. The largest absolute Gasteiger partial charge is 0.497 e. The lowest BCUT2D eigenvalue weighted by Crippen LogP contribution is -2.26. The number of ether oxygens (including phenoxy) is 2. The van der Waals surface area contributed by atoms with E-state index in [1.807, 2.05) is 42.5 Å². The molecule has 31 heavy (non-hydrogen) atoms. The van der Waals surface area contributed by atoms with Gasteiger partial charge in [-0.3, -0.25) is 4.79 Å². The Bertz CT molecular complexity index is 1130. The number of benzene rings is 3. The lowest BCUT2D eigenvalue weighted by molar-refractivity contribution is 0.0950. The number of carbonyl (C=O) groups is 1. The molecular formula is C23H24N2O5S. The van der Waals surface area contributed by atoms with E-state index in [-0.39, 0.29) is 22.8 Å². The Morgan fingerprint density at radius 3 is 2.16 bits per heavy atom. The monoisotopic (exact) mass is 440 g/mol. The standard InChI is InChI=1S/C23H24N2O5S/c1-29-20-11-8-18(9-12-20)15-24-23(26)19-10-13-21(30-2)22(14-19)31(27,28)25-16-17-6-4-3-5-7-17/h3-14,25H,15-16H2,1-2H3,(H,24,26). The fourth-order valence-electron chi connectivity index (χ4n) is 2.91. The van der Waals surface area contributed by atoms with Gasteiger partial charge < -0.3 is 14.8 Å². The van der Waals surface area contributed by atoms with Gasteiger partial charge in [0.1, 0.15) is 16.4 Å². The summed E-state index contributed by atoms with van der Waals surface area (Å²) >= 11 is 0. The summed E-state index contributed by atoms with van der Waals surface area (Å²) in [6.45, 7) is 0.420. The molecule has 0 fully saturated rings. The predicted octanol–water partition coefficient (Wildman–Crippen LogP) is 3.11. The average Bonchev–Trinajstić information content (AvgIpc) is 2.81. The third-order valence-electron chi connectivity index (χ3n) is 4.64. The van der Waals surface area contributed by atoms with Gasteiger partial charge in [0.25, 0.3) is 5.91 Å². The average molecular weight is 441 g/mol. The van der Waals surface area contributed by atoms with E-state index in [0.29, 0.717) is 6.54 Å². The predicted molar refractivity (Wildman–Crippen MR) is 118 cm³/mol. The molecule has 0 atom stereocenters. The van der Waals surface area contributed by atoms with Crippen molar-refractivity contribution in [3.8, 4) is 11.5 Å². The fourth-order valence-corrected chi connectivity index (χ4v) is 4.12. The normalized spacial score (nSPS) is 11.0. The Hall–Kier alpha value is -3.36. The molecule has 0 heterocycles. The van der Waals surface area contributed by atoms with Crippen molar-refractivity contribution in [3.05, 3.63) is 89.5 Å². The van der Waals surface area contributed by atoms with E-state index < -0.39 is 15.9 Å². The molecule has 3 aromatic carbocycles. The maximum Gasteiger partial charge on any atom is 0.251 e. The molecule has 0 aliphatic rings. The molecule has 0 aromatic heterocycles. The molecule has 3 rings (SSSR count). The van der Waals surface area contributed by atoms with Gasteiger partial charge in [-0.25, -0.2) is 13.1 Å². The van der Waals surface area contributed by atoms with E-state index in [4.69, 9.17) is 9.47 Å². The Kier molecular flexibility index (Phi) is 7.28. The van der Waals surface area contributed by atoms with Crippen LogP contribution in [0.5, 0.6) is 11.5 Å². The molecule has 0 aliphatic heterocycles. The second-order valence-corrected chi connectivity index (χ2v) is 8.44. The van der Waals surface area contributed by atoms with Crippen LogP contribution in [0, 0.1) is 0 Å². The summed E-state index contributed by atoms with van der Waals surface area (Å²) in [5.74, 6) is 0.494. The minimum absolute atomic E-state index is 0.0944. The number of rotatable bonds is 9. The molecule has 0 radical (unpaired) electrons. The zero-order chi connectivity index (χ0) is 22.3. The SMILES string of the molecule is COc1ccc(CNC(=O)c2ccc(OC)c(S(=O)(=O)NCc3ccccc3)c2)cc1. The first-order valence-electron chi connectivity index (χ1n) is 9.55. The van der Waals surface area contributed by atoms with Crippen molar-refractivity contribution in [2.75, 3.05) is 14.2 Å². The molecule has 0 saturated carbocycles. The number of methoxy groups -OCH3 is 2. The number of sulfonamides is 1. The van der Waals surface area contributed by atoms with E-state index in [9.17, 15) is 13.2 Å². The van der Waals surface area contributed by atoms with Gasteiger partial charge in [-0.2, -0.15) is 0 Å². The highest BCUT2D eigenvalue weighted by Gasteiger charge is 2.21. The highest BCUT2D eigenvalue weighted by molar-refractivity contribution is 7.89. The number of amides is 1. The van der Waals surface area contributed by atoms with Crippen LogP contribution in [0.1, 0.15) is 21.5 Å². The third kappa shape index (κ3) is 5.84. The lowest BCUT2D eigenvalue weighted by atomic mass is 10.2. The van der Waals surface area contributed by atoms with Crippen LogP contribution in [0.4, 0.5) is 0 Å². The molecule has 0 unspecified atom stereocenters. The van der Waals surface area contributed by atoms with Gasteiger partial charge in [0.15, 0.2) is 0 Å². The first kappa shape index (κ1) is 22.3. The van der Waals surface area contributed by atoms with E-state index in [1.54, 1.807) is 19.2 Å². The zero-order valence-electron chi connectivity index (χ0n) is 17.3. The van der Waals surface area contributed by atoms with E-state index >= 15 is 0 Å². The first-order valence-corrected chi connectivity index (χ1v) is 11.0. The molecule has 162 valence electrons. The maximum absolute atomic E-state index is 12.9. The highest BCUT2D eigenvalue weighted by Crippen LogP contribution is 2.25. The van der Waals surface area contributed by atoms with Crippen LogP contribution < -0.4 is 19.5 Å². The molecule has 2 N–H and O–H groups in total. The van der Waals surface area contributed by atoms with Crippen LogP contribution in [0.2, 0.25) is 0 Å². The molecule has 0 aliphatic carbocycles. The zero-order valence-corrected chi connectivity index (χ0v) is 18.1. The Balaban J connectivity index is 1.74. The summed E-state index contributed by atoms with van der Waals surface area (Å²) in [6, 6.07) is 20.8. The van der Waals surface area contributed by atoms with Gasteiger partial charge in [-0.1, -0.05) is 42.5 Å². The van der Waals surface area contributed by atoms with E-state index in [1.165, 1.54) is 25.3 Å². The molecule has 0 bridgehead atoms. The van der Waals surface area contributed by atoms with Crippen LogP contribution in [-0.4, -0.2) is 28.5 Å². The maximum atomic E-state index is 12.9. The third-order valence-corrected chi connectivity index (χ3v) is 6.06. The molecule has 0 saturated heterocycles.